The number of aromatic nitrogens is 3. The average molecular weight is 562 g/mol. The molecule has 0 amide bonds. The average Bonchev–Trinajstić information content (AvgIpc) is 3.32. The number of nitrogen functional groups attached to an aromatic ring is 1. The van der Waals surface area contributed by atoms with E-state index >= 15 is 0 Å². The third kappa shape index (κ3) is 11.9. The standard InChI is InChI=1S/C17H20N4O.C12H21N.C3H8.C3H6/c1-3-7-22-15-6-5-12(8-11(15)4-2)13-9-14-16(19-10-13)21-17(18)20-14;1-5-13-12-8-10(4)6-7-11(12)9(2)3;2*1-3-2/h5-6,8-10H,3-4,7H2,1-2H3,(H3,18,19,20,21);5,9-10H,6-8H2,1-4H3;3H2,1-2H3;3H,1H2,2H3. The van der Waals surface area contributed by atoms with E-state index in [1.54, 1.807) is 11.6 Å². The predicted octanol–water partition coefficient (Wildman–Crippen LogP) is 9.97. The van der Waals surface area contributed by atoms with Crippen molar-refractivity contribution in [3.63, 3.8) is 0 Å². The Morgan fingerprint density at radius 2 is 1.83 bits per heavy atom. The van der Waals surface area contributed by atoms with Crippen LogP contribution in [0, 0.1) is 11.8 Å². The molecule has 0 saturated heterocycles. The van der Waals surface area contributed by atoms with Crippen molar-refractivity contribution in [2.75, 3.05) is 12.3 Å². The molecule has 0 aliphatic heterocycles. The smallest absolute Gasteiger partial charge is 0.200 e. The van der Waals surface area contributed by atoms with E-state index in [1.807, 2.05) is 38.4 Å². The van der Waals surface area contributed by atoms with Crippen molar-refractivity contribution < 1.29 is 4.74 Å². The number of pyridine rings is 1. The molecule has 3 N–H and O–H groups in total. The number of allylic oxidation sites excluding steroid dienone is 3. The lowest BCUT2D eigenvalue weighted by Gasteiger charge is -2.24. The molecule has 1 aromatic carbocycles. The highest BCUT2D eigenvalue weighted by Crippen LogP contribution is 2.33. The van der Waals surface area contributed by atoms with E-state index in [0.29, 0.717) is 17.5 Å². The molecular formula is C35H55N5O. The Morgan fingerprint density at radius 1 is 1.15 bits per heavy atom. The van der Waals surface area contributed by atoms with Gasteiger partial charge in [-0.25, -0.2) is 4.98 Å². The van der Waals surface area contributed by atoms with Crippen LogP contribution < -0.4 is 10.5 Å². The lowest BCUT2D eigenvalue weighted by atomic mass is 9.84. The van der Waals surface area contributed by atoms with E-state index < -0.39 is 0 Å². The lowest BCUT2D eigenvalue weighted by Crippen LogP contribution is -2.10. The molecule has 1 aliphatic rings. The molecule has 6 nitrogen and oxygen atoms in total. The molecular weight excluding hydrogens is 506 g/mol. The Morgan fingerprint density at radius 3 is 2.41 bits per heavy atom. The maximum atomic E-state index is 5.79. The third-order valence-corrected chi connectivity index (χ3v) is 6.39. The van der Waals surface area contributed by atoms with Gasteiger partial charge >= 0.3 is 0 Å². The topological polar surface area (TPSA) is 89.2 Å². The molecule has 41 heavy (non-hydrogen) atoms. The number of H-pyrrole nitrogens is 1. The van der Waals surface area contributed by atoms with Crippen LogP contribution in [-0.4, -0.2) is 27.8 Å². The van der Waals surface area contributed by atoms with Crippen molar-refractivity contribution in [3.05, 3.63) is 60.0 Å². The Balaban J connectivity index is 0.000000376. The normalized spacial score (nSPS) is 14.5. The second-order valence-electron chi connectivity index (χ2n) is 10.7. The molecule has 0 spiro atoms. The maximum Gasteiger partial charge on any atom is 0.200 e. The summed E-state index contributed by atoms with van der Waals surface area (Å²) in [6.45, 7) is 23.4. The minimum Gasteiger partial charge on any atom is -0.493 e. The summed E-state index contributed by atoms with van der Waals surface area (Å²) in [5.74, 6) is 2.84. The number of benzene rings is 1. The first kappa shape index (κ1) is 35.6. The van der Waals surface area contributed by atoms with E-state index in [4.69, 9.17) is 10.5 Å². The summed E-state index contributed by atoms with van der Waals surface area (Å²) >= 11 is 0. The number of imidazole rings is 1. The summed E-state index contributed by atoms with van der Waals surface area (Å²) < 4.78 is 5.79. The molecule has 2 aromatic heterocycles. The number of ether oxygens (including phenoxy) is 1. The molecule has 4 rings (SSSR count). The number of rotatable bonds is 7. The Labute approximate surface area is 249 Å². The molecule has 226 valence electrons. The minimum atomic E-state index is 0.386. The number of nitrogens with two attached hydrogens (primary N) is 1. The zero-order chi connectivity index (χ0) is 30.8. The minimum absolute atomic E-state index is 0.386. The van der Waals surface area contributed by atoms with Crippen LogP contribution in [0.25, 0.3) is 22.3 Å². The lowest BCUT2D eigenvalue weighted by molar-refractivity contribution is 0.314. The summed E-state index contributed by atoms with van der Waals surface area (Å²) in [5, 5.41) is 0. The molecule has 0 bridgehead atoms. The molecule has 0 fully saturated rings. The van der Waals surface area contributed by atoms with Crippen molar-refractivity contribution in [2.24, 2.45) is 16.8 Å². The third-order valence-electron chi connectivity index (χ3n) is 6.39. The van der Waals surface area contributed by atoms with Crippen LogP contribution >= 0.6 is 0 Å². The van der Waals surface area contributed by atoms with Crippen LogP contribution in [0.1, 0.15) is 100.0 Å². The highest BCUT2D eigenvalue weighted by atomic mass is 16.5. The second-order valence-corrected chi connectivity index (χ2v) is 10.7. The van der Waals surface area contributed by atoms with E-state index in [-0.39, 0.29) is 0 Å². The number of nitrogens with one attached hydrogen (secondary N) is 1. The summed E-state index contributed by atoms with van der Waals surface area (Å²) in [7, 11) is 0. The number of hydrogen-bond donors (Lipinski definition) is 2. The molecule has 1 atom stereocenters. The number of anilines is 1. The zero-order valence-electron chi connectivity index (χ0n) is 27.2. The fraction of sp³-hybridized carbons (Fsp3) is 0.514. The Kier molecular flexibility index (Phi) is 17.1. The monoisotopic (exact) mass is 561 g/mol. The Bertz CT molecular complexity index is 1240. The van der Waals surface area contributed by atoms with Crippen molar-refractivity contribution in [3.8, 4) is 16.9 Å². The summed E-state index contributed by atoms with van der Waals surface area (Å²) in [6, 6.07) is 8.28. The van der Waals surface area contributed by atoms with Gasteiger partial charge in [0.15, 0.2) is 11.6 Å². The molecule has 6 heteroatoms. The first-order valence-electron chi connectivity index (χ1n) is 15.3. The summed E-state index contributed by atoms with van der Waals surface area (Å²) in [5.41, 5.74) is 13.4. The van der Waals surface area contributed by atoms with Gasteiger partial charge in [0.05, 0.1) is 12.1 Å². The van der Waals surface area contributed by atoms with Gasteiger partial charge in [0, 0.05) is 23.7 Å². The van der Waals surface area contributed by atoms with Crippen molar-refractivity contribution >= 4 is 23.3 Å². The van der Waals surface area contributed by atoms with Crippen LogP contribution in [0.15, 0.2) is 59.4 Å². The van der Waals surface area contributed by atoms with Gasteiger partial charge in [0.2, 0.25) is 0 Å². The van der Waals surface area contributed by atoms with Gasteiger partial charge in [-0.3, -0.25) is 4.99 Å². The van der Waals surface area contributed by atoms with E-state index in [9.17, 15) is 0 Å². The van der Waals surface area contributed by atoms with Gasteiger partial charge in [-0.15, -0.1) is 6.58 Å². The predicted molar refractivity (Wildman–Crippen MR) is 180 cm³/mol. The molecule has 1 aliphatic carbocycles. The number of aromatic amines is 1. The van der Waals surface area contributed by atoms with E-state index in [2.05, 4.69) is 87.1 Å². The SMILES string of the molecule is C=CC.CC=NC1=C(C(C)C)CCC(C)C1.CCC.CCCOc1ccc(-c2cnc3nc(N)[nH]c3c2)cc1CC. The van der Waals surface area contributed by atoms with Crippen molar-refractivity contribution in [1.82, 2.24) is 15.0 Å². The van der Waals surface area contributed by atoms with Gasteiger partial charge in [-0.2, -0.15) is 4.98 Å². The number of aryl methyl sites for hydroxylation is 1. The van der Waals surface area contributed by atoms with Crippen molar-refractivity contribution in [1.29, 1.82) is 0 Å². The maximum absolute atomic E-state index is 5.79. The van der Waals surface area contributed by atoms with Crippen LogP contribution in [0.2, 0.25) is 0 Å². The zero-order valence-corrected chi connectivity index (χ0v) is 27.2. The number of fused-ring (bicyclic) bond motifs is 1. The van der Waals surface area contributed by atoms with Gasteiger partial charge in [-0.05, 0) is 92.7 Å². The van der Waals surface area contributed by atoms with Crippen LogP contribution in [0.4, 0.5) is 5.95 Å². The van der Waals surface area contributed by atoms with E-state index in [0.717, 1.165) is 47.8 Å². The first-order chi connectivity index (χ1) is 19.7. The molecule has 2 heterocycles. The highest BCUT2D eigenvalue weighted by Gasteiger charge is 2.19. The fourth-order valence-electron chi connectivity index (χ4n) is 4.49. The molecule has 3 aromatic rings. The van der Waals surface area contributed by atoms with E-state index in [1.165, 1.54) is 36.9 Å². The first-order valence-corrected chi connectivity index (χ1v) is 15.3. The molecule has 1 unspecified atom stereocenters. The number of aliphatic imine (C=N–C) groups is 1. The van der Waals surface area contributed by atoms with Crippen LogP contribution in [0.5, 0.6) is 5.75 Å². The second kappa shape index (κ2) is 19.6. The Hall–Kier alpha value is -3.41. The highest BCUT2D eigenvalue weighted by molar-refractivity contribution is 5.79. The largest absolute Gasteiger partial charge is 0.493 e. The summed E-state index contributed by atoms with van der Waals surface area (Å²) in [4.78, 5) is 16.0. The van der Waals surface area contributed by atoms with Crippen LogP contribution in [0.3, 0.4) is 0 Å². The summed E-state index contributed by atoms with van der Waals surface area (Å²) in [6.07, 6.45) is 12.5. The van der Waals surface area contributed by atoms with Crippen LogP contribution in [-0.2, 0) is 6.42 Å². The van der Waals surface area contributed by atoms with Gasteiger partial charge < -0.3 is 15.5 Å². The quantitative estimate of drug-likeness (QED) is 0.222. The molecule has 0 radical (unpaired) electrons. The van der Waals surface area contributed by atoms with Crippen molar-refractivity contribution in [2.45, 2.75) is 101 Å². The van der Waals surface area contributed by atoms with Gasteiger partial charge in [0.25, 0.3) is 0 Å². The fourth-order valence-corrected chi connectivity index (χ4v) is 4.49. The number of nitrogens with zero attached hydrogens (tertiary/aromatic N) is 3. The molecule has 0 saturated carbocycles. The number of hydrogen-bond acceptors (Lipinski definition) is 5. The van der Waals surface area contributed by atoms with Gasteiger partial charge in [-0.1, -0.05) is 67.0 Å². The van der Waals surface area contributed by atoms with Gasteiger partial charge in [0.1, 0.15) is 5.75 Å².